The molecule has 2 heterocycles. The lowest BCUT2D eigenvalue weighted by molar-refractivity contribution is -0.192. The van der Waals surface area contributed by atoms with E-state index in [1.165, 1.54) is 0 Å². The zero-order valence-electron chi connectivity index (χ0n) is 9.18. The highest BCUT2D eigenvalue weighted by atomic mass is 35.5. The van der Waals surface area contributed by atoms with Gasteiger partial charge >= 0.3 is 12.1 Å². The standard InChI is InChI=1S/C7H8ClN3.C2HF3O2/c1-4-10-6-3-9-2-5(6)7(8)11-4;3-2(4,5)1(6)7/h9H,2-3H2,1H3;(H,6,7). The molecule has 1 aliphatic heterocycles. The summed E-state index contributed by atoms with van der Waals surface area (Å²) in [6, 6.07) is 0. The molecule has 0 saturated heterocycles. The van der Waals surface area contributed by atoms with Crippen molar-refractivity contribution in [2.75, 3.05) is 0 Å². The molecular formula is C9H9ClF3N3O2. The first-order valence-corrected chi connectivity index (χ1v) is 5.12. The Kier molecular flexibility index (Phi) is 4.47. The van der Waals surface area contributed by atoms with Crippen molar-refractivity contribution >= 4 is 17.6 Å². The number of alkyl halides is 3. The van der Waals surface area contributed by atoms with Gasteiger partial charge in [0.1, 0.15) is 11.0 Å². The molecule has 5 nitrogen and oxygen atoms in total. The number of nitrogens with one attached hydrogen (secondary N) is 1. The largest absolute Gasteiger partial charge is 0.490 e. The van der Waals surface area contributed by atoms with Crippen molar-refractivity contribution in [1.82, 2.24) is 15.3 Å². The first-order valence-electron chi connectivity index (χ1n) is 4.74. The number of carbonyl (C=O) groups is 1. The summed E-state index contributed by atoms with van der Waals surface area (Å²) in [5.74, 6) is -2.01. The molecule has 2 N–H and O–H groups in total. The second-order valence-electron chi connectivity index (χ2n) is 3.39. The first kappa shape index (κ1) is 14.7. The van der Waals surface area contributed by atoms with Gasteiger partial charge in [0, 0.05) is 18.7 Å². The van der Waals surface area contributed by atoms with E-state index in [0.29, 0.717) is 5.15 Å². The van der Waals surface area contributed by atoms with Crippen LogP contribution in [0.1, 0.15) is 17.1 Å². The minimum atomic E-state index is -5.08. The number of carboxylic acid groups (broad SMARTS) is 1. The summed E-state index contributed by atoms with van der Waals surface area (Å²) in [6.45, 7) is 3.47. The summed E-state index contributed by atoms with van der Waals surface area (Å²) < 4.78 is 31.7. The normalized spacial score (nSPS) is 13.6. The third-order valence-corrected chi connectivity index (χ3v) is 2.30. The average Bonchev–Trinajstić information content (AvgIpc) is 2.64. The number of aliphatic carboxylic acids is 1. The minimum absolute atomic E-state index is 0.595. The molecule has 2 rings (SSSR count). The van der Waals surface area contributed by atoms with Crippen molar-refractivity contribution in [3.63, 3.8) is 0 Å². The summed E-state index contributed by atoms with van der Waals surface area (Å²) in [6.07, 6.45) is -5.08. The highest BCUT2D eigenvalue weighted by Gasteiger charge is 2.38. The van der Waals surface area contributed by atoms with Gasteiger partial charge in [-0.05, 0) is 6.92 Å². The van der Waals surface area contributed by atoms with Gasteiger partial charge in [-0.15, -0.1) is 0 Å². The van der Waals surface area contributed by atoms with Crippen LogP contribution in [0.25, 0.3) is 0 Å². The number of hydrogen-bond donors (Lipinski definition) is 2. The molecule has 0 bridgehead atoms. The van der Waals surface area contributed by atoms with Crippen molar-refractivity contribution in [3.8, 4) is 0 Å². The van der Waals surface area contributed by atoms with Gasteiger partial charge in [0.15, 0.2) is 0 Å². The van der Waals surface area contributed by atoms with E-state index in [4.69, 9.17) is 21.5 Å². The zero-order chi connectivity index (χ0) is 13.9. The van der Waals surface area contributed by atoms with E-state index < -0.39 is 12.1 Å². The van der Waals surface area contributed by atoms with E-state index >= 15 is 0 Å². The molecule has 0 amide bonds. The molecule has 9 heteroatoms. The van der Waals surface area contributed by atoms with Crippen LogP contribution in [0.2, 0.25) is 5.15 Å². The molecule has 18 heavy (non-hydrogen) atoms. The summed E-state index contributed by atoms with van der Waals surface area (Å²) in [4.78, 5) is 17.2. The van der Waals surface area contributed by atoms with Crippen LogP contribution in [0, 0.1) is 6.92 Å². The van der Waals surface area contributed by atoms with Gasteiger partial charge in [-0.25, -0.2) is 14.8 Å². The quantitative estimate of drug-likeness (QED) is 0.709. The summed E-state index contributed by atoms with van der Waals surface area (Å²) >= 11 is 5.88. The minimum Gasteiger partial charge on any atom is -0.475 e. The average molecular weight is 284 g/mol. The summed E-state index contributed by atoms with van der Waals surface area (Å²) in [5, 5.41) is 10.9. The van der Waals surface area contributed by atoms with E-state index in [-0.39, 0.29) is 0 Å². The number of aromatic nitrogens is 2. The van der Waals surface area contributed by atoms with E-state index in [1.54, 1.807) is 0 Å². The van der Waals surface area contributed by atoms with Crippen LogP contribution < -0.4 is 5.32 Å². The number of rotatable bonds is 0. The van der Waals surface area contributed by atoms with Crippen molar-refractivity contribution in [2.24, 2.45) is 0 Å². The molecule has 1 aliphatic rings. The zero-order valence-corrected chi connectivity index (χ0v) is 9.93. The number of fused-ring (bicyclic) bond motifs is 1. The second-order valence-corrected chi connectivity index (χ2v) is 3.75. The lowest BCUT2D eigenvalue weighted by Gasteiger charge is -1.99. The maximum Gasteiger partial charge on any atom is 0.490 e. The number of hydrogen-bond acceptors (Lipinski definition) is 4. The Hall–Kier alpha value is -1.41. The van der Waals surface area contributed by atoms with Crippen LogP contribution in [0.3, 0.4) is 0 Å². The summed E-state index contributed by atoms with van der Waals surface area (Å²) in [5.41, 5.74) is 2.10. The molecule has 0 spiro atoms. The second kappa shape index (κ2) is 5.49. The number of carboxylic acids is 1. The van der Waals surface area contributed by atoms with Crippen LogP contribution in [0.15, 0.2) is 0 Å². The van der Waals surface area contributed by atoms with Crippen molar-refractivity contribution < 1.29 is 23.1 Å². The first-order chi connectivity index (χ1) is 8.21. The van der Waals surface area contributed by atoms with Crippen LogP contribution in [-0.4, -0.2) is 27.2 Å². The molecule has 1 aromatic heterocycles. The van der Waals surface area contributed by atoms with Gasteiger partial charge < -0.3 is 10.4 Å². The molecule has 0 atom stereocenters. The van der Waals surface area contributed by atoms with Crippen molar-refractivity contribution in [3.05, 3.63) is 22.2 Å². The number of halogens is 4. The lowest BCUT2D eigenvalue weighted by Crippen LogP contribution is -2.21. The Labute approximate surface area is 105 Å². The fourth-order valence-electron chi connectivity index (χ4n) is 1.24. The lowest BCUT2D eigenvalue weighted by atomic mass is 10.3. The molecule has 0 radical (unpaired) electrons. The van der Waals surface area contributed by atoms with Crippen LogP contribution in [-0.2, 0) is 17.9 Å². The Bertz CT molecular complexity index is 465. The van der Waals surface area contributed by atoms with Gasteiger partial charge in [0.25, 0.3) is 0 Å². The fraction of sp³-hybridized carbons (Fsp3) is 0.444. The number of aryl methyl sites for hydroxylation is 1. The van der Waals surface area contributed by atoms with Gasteiger partial charge in [-0.3, -0.25) is 0 Å². The van der Waals surface area contributed by atoms with Gasteiger partial charge in [-0.2, -0.15) is 13.2 Å². The van der Waals surface area contributed by atoms with E-state index in [0.717, 1.165) is 30.2 Å². The van der Waals surface area contributed by atoms with Gasteiger partial charge in [0.2, 0.25) is 0 Å². The molecule has 0 saturated carbocycles. The van der Waals surface area contributed by atoms with Gasteiger partial charge in [-0.1, -0.05) is 11.6 Å². The van der Waals surface area contributed by atoms with Crippen LogP contribution in [0.4, 0.5) is 13.2 Å². The number of nitrogens with zero attached hydrogens (tertiary/aromatic N) is 2. The Morgan fingerprint density at radius 2 is 1.94 bits per heavy atom. The van der Waals surface area contributed by atoms with E-state index in [2.05, 4.69) is 15.3 Å². The Morgan fingerprint density at radius 3 is 2.44 bits per heavy atom. The highest BCUT2D eigenvalue weighted by molar-refractivity contribution is 6.30. The molecule has 100 valence electrons. The maximum atomic E-state index is 10.6. The predicted octanol–water partition coefficient (Wildman–Crippen LogP) is 1.67. The molecular weight excluding hydrogens is 275 g/mol. The maximum absolute atomic E-state index is 10.6. The molecule has 0 fully saturated rings. The van der Waals surface area contributed by atoms with Crippen LogP contribution >= 0.6 is 11.6 Å². The third kappa shape index (κ3) is 3.81. The third-order valence-electron chi connectivity index (χ3n) is 1.99. The van der Waals surface area contributed by atoms with E-state index in [1.807, 2.05) is 6.92 Å². The van der Waals surface area contributed by atoms with Crippen molar-refractivity contribution in [2.45, 2.75) is 26.2 Å². The summed E-state index contributed by atoms with van der Waals surface area (Å²) in [7, 11) is 0. The fourth-order valence-corrected chi connectivity index (χ4v) is 1.54. The van der Waals surface area contributed by atoms with Crippen LogP contribution in [0.5, 0.6) is 0 Å². The molecule has 0 aromatic carbocycles. The van der Waals surface area contributed by atoms with Crippen molar-refractivity contribution in [1.29, 1.82) is 0 Å². The smallest absolute Gasteiger partial charge is 0.475 e. The van der Waals surface area contributed by atoms with Gasteiger partial charge in [0.05, 0.1) is 5.69 Å². The monoisotopic (exact) mass is 283 g/mol. The Balaban J connectivity index is 0.000000203. The molecule has 0 unspecified atom stereocenters. The Morgan fingerprint density at radius 1 is 1.39 bits per heavy atom. The molecule has 0 aliphatic carbocycles. The topological polar surface area (TPSA) is 75.1 Å². The SMILES string of the molecule is Cc1nc(Cl)c2c(n1)CNC2.O=C(O)C(F)(F)F. The highest BCUT2D eigenvalue weighted by Crippen LogP contribution is 2.20. The van der Waals surface area contributed by atoms with E-state index in [9.17, 15) is 13.2 Å². The molecule has 1 aromatic rings. The predicted molar refractivity (Wildman–Crippen MR) is 56.0 cm³/mol.